The number of allylic oxidation sites excluding steroid dienone is 1. The standard InChI is InChI=1S/C14H24N2O/c1-12(2)9-13(17)16-8-4-6-14(11-16)5-3-7-15-10-14/h9,15H,3-8,10-11H2,1-2H3. The van der Waals surface area contributed by atoms with E-state index >= 15 is 0 Å². The first-order chi connectivity index (χ1) is 8.11. The Morgan fingerprint density at radius 3 is 2.71 bits per heavy atom. The van der Waals surface area contributed by atoms with Crippen molar-refractivity contribution in [1.29, 1.82) is 0 Å². The van der Waals surface area contributed by atoms with Crippen LogP contribution in [0.15, 0.2) is 11.6 Å². The molecule has 3 nitrogen and oxygen atoms in total. The molecule has 0 saturated carbocycles. The van der Waals surface area contributed by atoms with Crippen molar-refractivity contribution in [2.24, 2.45) is 5.41 Å². The van der Waals surface area contributed by atoms with Crippen LogP contribution >= 0.6 is 0 Å². The summed E-state index contributed by atoms with van der Waals surface area (Å²) in [5.41, 5.74) is 1.46. The lowest BCUT2D eigenvalue weighted by Crippen LogP contribution is -2.52. The molecule has 2 aliphatic heterocycles. The van der Waals surface area contributed by atoms with Gasteiger partial charge in [0.1, 0.15) is 0 Å². The van der Waals surface area contributed by atoms with E-state index in [1.807, 2.05) is 18.7 Å². The summed E-state index contributed by atoms with van der Waals surface area (Å²) in [5.74, 6) is 0.203. The highest BCUT2D eigenvalue weighted by atomic mass is 16.2. The van der Waals surface area contributed by atoms with Crippen LogP contribution in [-0.4, -0.2) is 37.0 Å². The van der Waals surface area contributed by atoms with Gasteiger partial charge in [-0.3, -0.25) is 4.79 Å². The van der Waals surface area contributed by atoms with Crippen molar-refractivity contribution >= 4 is 5.91 Å². The quantitative estimate of drug-likeness (QED) is 0.706. The fourth-order valence-electron chi connectivity index (χ4n) is 3.11. The van der Waals surface area contributed by atoms with Gasteiger partial charge in [-0.05, 0) is 46.1 Å². The van der Waals surface area contributed by atoms with Crippen LogP contribution in [0.2, 0.25) is 0 Å². The lowest BCUT2D eigenvalue weighted by atomic mass is 9.74. The Bertz CT molecular complexity index is 307. The summed E-state index contributed by atoms with van der Waals surface area (Å²) in [6, 6.07) is 0. The molecule has 1 unspecified atom stereocenters. The number of amides is 1. The average molecular weight is 236 g/mol. The van der Waals surface area contributed by atoms with Gasteiger partial charge >= 0.3 is 0 Å². The lowest BCUT2D eigenvalue weighted by molar-refractivity contribution is -0.129. The molecule has 0 aromatic rings. The van der Waals surface area contributed by atoms with Crippen molar-refractivity contribution in [3.8, 4) is 0 Å². The first-order valence-corrected chi connectivity index (χ1v) is 6.76. The van der Waals surface area contributed by atoms with Crippen LogP contribution in [0, 0.1) is 5.41 Å². The van der Waals surface area contributed by atoms with Crippen LogP contribution in [-0.2, 0) is 4.79 Å². The van der Waals surface area contributed by atoms with Crippen LogP contribution in [0.5, 0.6) is 0 Å². The average Bonchev–Trinajstić information content (AvgIpc) is 2.29. The fraction of sp³-hybridized carbons (Fsp3) is 0.786. The first kappa shape index (κ1) is 12.6. The van der Waals surface area contributed by atoms with E-state index < -0.39 is 0 Å². The van der Waals surface area contributed by atoms with Gasteiger partial charge in [0.2, 0.25) is 5.91 Å². The number of likely N-dealkylation sites (tertiary alicyclic amines) is 1. The lowest BCUT2D eigenvalue weighted by Gasteiger charge is -2.45. The van der Waals surface area contributed by atoms with Gasteiger partial charge in [0.15, 0.2) is 0 Å². The van der Waals surface area contributed by atoms with Gasteiger partial charge in [-0.15, -0.1) is 0 Å². The van der Waals surface area contributed by atoms with Crippen LogP contribution in [0.3, 0.4) is 0 Å². The highest BCUT2D eigenvalue weighted by molar-refractivity contribution is 5.88. The molecular weight excluding hydrogens is 212 g/mol. The molecule has 3 heteroatoms. The molecule has 2 aliphatic rings. The van der Waals surface area contributed by atoms with Gasteiger partial charge < -0.3 is 10.2 Å². The van der Waals surface area contributed by atoms with Crippen molar-refractivity contribution < 1.29 is 4.79 Å². The Balaban J connectivity index is 2.01. The normalized spacial score (nSPS) is 29.2. The van der Waals surface area contributed by atoms with E-state index in [2.05, 4.69) is 5.32 Å². The monoisotopic (exact) mass is 236 g/mol. The Hall–Kier alpha value is -0.830. The van der Waals surface area contributed by atoms with Crippen molar-refractivity contribution in [3.63, 3.8) is 0 Å². The van der Waals surface area contributed by atoms with Gasteiger partial charge in [-0.2, -0.15) is 0 Å². The third-order valence-corrected chi connectivity index (χ3v) is 3.95. The zero-order valence-electron chi connectivity index (χ0n) is 11.1. The molecule has 0 radical (unpaired) electrons. The van der Waals surface area contributed by atoms with E-state index in [1.54, 1.807) is 6.08 Å². The van der Waals surface area contributed by atoms with E-state index in [0.717, 1.165) is 38.2 Å². The topological polar surface area (TPSA) is 32.3 Å². The predicted molar refractivity (Wildman–Crippen MR) is 69.8 cm³/mol. The molecule has 1 N–H and O–H groups in total. The summed E-state index contributed by atoms with van der Waals surface area (Å²) in [6.07, 6.45) is 6.74. The van der Waals surface area contributed by atoms with E-state index in [-0.39, 0.29) is 5.91 Å². The second kappa shape index (κ2) is 5.21. The van der Waals surface area contributed by atoms with Gasteiger partial charge in [0.25, 0.3) is 0 Å². The number of hydrogen-bond acceptors (Lipinski definition) is 2. The van der Waals surface area contributed by atoms with E-state index in [0.29, 0.717) is 5.41 Å². The number of carbonyl (C=O) groups excluding carboxylic acids is 1. The summed E-state index contributed by atoms with van der Waals surface area (Å²) in [4.78, 5) is 14.1. The van der Waals surface area contributed by atoms with Gasteiger partial charge in [0, 0.05) is 31.1 Å². The maximum absolute atomic E-state index is 12.1. The van der Waals surface area contributed by atoms with E-state index in [1.165, 1.54) is 19.3 Å². The first-order valence-electron chi connectivity index (χ1n) is 6.76. The number of piperidine rings is 2. The molecule has 2 saturated heterocycles. The Morgan fingerprint density at radius 2 is 2.06 bits per heavy atom. The molecule has 0 aromatic carbocycles. The summed E-state index contributed by atoms with van der Waals surface area (Å²) in [6.45, 7) is 8.09. The molecule has 0 aliphatic carbocycles. The van der Waals surface area contributed by atoms with Crippen molar-refractivity contribution in [1.82, 2.24) is 10.2 Å². The van der Waals surface area contributed by atoms with E-state index in [9.17, 15) is 4.79 Å². The third kappa shape index (κ3) is 3.09. The minimum atomic E-state index is 0.203. The highest BCUT2D eigenvalue weighted by Crippen LogP contribution is 2.35. The van der Waals surface area contributed by atoms with Crippen molar-refractivity contribution in [3.05, 3.63) is 11.6 Å². The van der Waals surface area contributed by atoms with Gasteiger partial charge in [0.05, 0.1) is 0 Å². The Kier molecular flexibility index (Phi) is 3.87. The maximum Gasteiger partial charge on any atom is 0.246 e. The minimum absolute atomic E-state index is 0.203. The number of nitrogens with one attached hydrogen (secondary N) is 1. The molecule has 0 bridgehead atoms. The predicted octanol–water partition coefficient (Wildman–Crippen LogP) is 1.94. The molecule has 1 amide bonds. The molecule has 1 spiro atoms. The molecular formula is C14H24N2O. The Morgan fingerprint density at radius 1 is 1.29 bits per heavy atom. The number of carbonyl (C=O) groups is 1. The highest BCUT2D eigenvalue weighted by Gasteiger charge is 2.37. The fourth-order valence-corrected chi connectivity index (χ4v) is 3.11. The molecule has 2 rings (SSSR count). The molecule has 1 atom stereocenters. The zero-order chi connectivity index (χ0) is 12.3. The summed E-state index contributed by atoms with van der Waals surface area (Å²) < 4.78 is 0. The third-order valence-electron chi connectivity index (χ3n) is 3.95. The van der Waals surface area contributed by atoms with Crippen LogP contribution in [0.1, 0.15) is 39.5 Å². The van der Waals surface area contributed by atoms with Crippen LogP contribution in [0.4, 0.5) is 0 Å². The zero-order valence-corrected chi connectivity index (χ0v) is 11.1. The maximum atomic E-state index is 12.1. The SMILES string of the molecule is CC(C)=CC(=O)N1CCCC2(CCCNC2)C1. The Labute approximate surface area is 104 Å². The molecule has 96 valence electrons. The molecule has 2 heterocycles. The van der Waals surface area contributed by atoms with Crippen LogP contribution in [0.25, 0.3) is 0 Å². The molecule has 17 heavy (non-hydrogen) atoms. The smallest absolute Gasteiger partial charge is 0.246 e. The number of nitrogens with zero attached hydrogens (tertiary/aromatic N) is 1. The summed E-state index contributed by atoms with van der Waals surface area (Å²) >= 11 is 0. The second-order valence-electron chi connectivity index (χ2n) is 5.87. The second-order valence-corrected chi connectivity index (χ2v) is 5.87. The van der Waals surface area contributed by atoms with E-state index in [4.69, 9.17) is 0 Å². The van der Waals surface area contributed by atoms with Gasteiger partial charge in [-0.1, -0.05) is 5.57 Å². The molecule has 0 aromatic heterocycles. The summed E-state index contributed by atoms with van der Waals surface area (Å²) in [7, 11) is 0. The van der Waals surface area contributed by atoms with Gasteiger partial charge in [-0.25, -0.2) is 0 Å². The molecule has 2 fully saturated rings. The van der Waals surface area contributed by atoms with Crippen LogP contribution < -0.4 is 5.32 Å². The number of hydrogen-bond donors (Lipinski definition) is 1. The largest absolute Gasteiger partial charge is 0.339 e. The number of rotatable bonds is 1. The summed E-state index contributed by atoms with van der Waals surface area (Å²) in [5, 5.41) is 3.49. The van der Waals surface area contributed by atoms with Crippen molar-refractivity contribution in [2.45, 2.75) is 39.5 Å². The van der Waals surface area contributed by atoms with Crippen molar-refractivity contribution in [2.75, 3.05) is 26.2 Å². The minimum Gasteiger partial charge on any atom is -0.339 e.